The first-order valence-corrected chi connectivity index (χ1v) is 12.7. The molecular formula is C26H28N2O6S. The summed E-state index contributed by atoms with van der Waals surface area (Å²) >= 11 is 1.08. The average Bonchev–Trinajstić information content (AvgIpc) is 3.37. The van der Waals surface area contributed by atoms with Crippen molar-refractivity contribution < 1.29 is 28.6 Å². The number of amides is 1. The Hall–Kier alpha value is -3.20. The lowest BCUT2D eigenvalue weighted by atomic mass is 9.74. The lowest BCUT2D eigenvalue weighted by molar-refractivity contribution is -0.132. The topological polar surface area (TPSA) is 95.0 Å². The van der Waals surface area contributed by atoms with Crippen LogP contribution in [-0.4, -0.2) is 42.5 Å². The molecule has 184 valence electrons. The summed E-state index contributed by atoms with van der Waals surface area (Å²) in [7, 11) is 1.57. The number of benzene rings is 1. The van der Waals surface area contributed by atoms with Crippen LogP contribution in [0.25, 0.3) is 0 Å². The number of rotatable bonds is 5. The highest BCUT2D eigenvalue weighted by molar-refractivity contribution is 7.17. The van der Waals surface area contributed by atoms with Gasteiger partial charge in [-0.1, -0.05) is 30.4 Å². The zero-order chi connectivity index (χ0) is 24.9. The number of aryl methyl sites for hydroxylation is 1. The van der Waals surface area contributed by atoms with Crippen molar-refractivity contribution >= 4 is 34.1 Å². The number of esters is 1. The van der Waals surface area contributed by atoms with Crippen LogP contribution < -0.4 is 9.64 Å². The van der Waals surface area contributed by atoms with E-state index in [1.165, 1.54) is 4.90 Å². The van der Waals surface area contributed by atoms with Crippen LogP contribution in [0.15, 0.2) is 35.6 Å². The van der Waals surface area contributed by atoms with Gasteiger partial charge in [-0.05, 0) is 56.7 Å². The van der Waals surface area contributed by atoms with Crippen LogP contribution in [0, 0.1) is 18.8 Å². The van der Waals surface area contributed by atoms with E-state index < -0.39 is 17.9 Å². The van der Waals surface area contributed by atoms with Crippen LogP contribution in [0.4, 0.5) is 5.13 Å². The Morgan fingerprint density at radius 3 is 2.83 bits per heavy atom. The summed E-state index contributed by atoms with van der Waals surface area (Å²) in [6, 6.07) is 6.59. The van der Waals surface area contributed by atoms with Gasteiger partial charge in [0.1, 0.15) is 16.7 Å². The number of methoxy groups -OCH3 is 1. The van der Waals surface area contributed by atoms with E-state index >= 15 is 0 Å². The molecule has 3 aliphatic rings. The first-order chi connectivity index (χ1) is 16.8. The number of carbonyl (C=O) groups is 3. The van der Waals surface area contributed by atoms with Gasteiger partial charge >= 0.3 is 5.97 Å². The number of hydrogen-bond acceptors (Lipinski definition) is 8. The molecule has 0 saturated heterocycles. The second-order valence-corrected chi connectivity index (χ2v) is 10.3. The van der Waals surface area contributed by atoms with Crippen molar-refractivity contribution in [2.24, 2.45) is 11.8 Å². The van der Waals surface area contributed by atoms with E-state index in [2.05, 4.69) is 11.9 Å². The number of nitrogens with zero attached hydrogens (tertiary/aromatic N) is 2. The van der Waals surface area contributed by atoms with Gasteiger partial charge in [0.15, 0.2) is 16.7 Å². The van der Waals surface area contributed by atoms with E-state index in [0.29, 0.717) is 38.5 Å². The van der Waals surface area contributed by atoms with Gasteiger partial charge in [0.05, 0.1) is 36.9 Å². The quantitative estimate of drug-likeness (QED) is 0.567. The monoisotopic (exact) mass is 496 g/mol. The summed E-state index contributed by atoms with van der Waals surface area (Å²) in [6.45, 7) is 5.83. The number of thiazole rings is 1. The second kappa shape index (κ2) is 9.11. The number of hydrogen-bond donors (Lipinski definition) is 0. The maximum absolute atomic E-state index is 13.9. The molecule has 1 aliphatic carbocycles. The molecule has 0 N–H and O–H groups in total. The Morgan fingerprint density at radius 2 is 2.09 bits per heavy atom. The zero-order valence-corrected chi connectivity index (χ0v) is 21.0. The summed E-state index contributed by atoms with van der Waals surface area (Å²) in [4.78, 5) is 46.5. The highest BCUT2D eigenvalue weighted by Crippen LogP contribution is 2.50. The molecule has 1 aromatic heterocycles. The molecule has 9 heteroatoms. The molecule has 2 aromatic rings. The number of ketones is 1. The molecular weight excluding hydrogens is 468 g/mol. The highest BCUT2D eigenvalue weighted by Gasteiger charge is 2.53. The molecule has 1 saturated carbocycles. The van der Waals surface area contributed by atoms with Crippen LogP contribution in [0.5, 0.6) is 5.75 Å². The SMILES string of the molecule is CCOC(=O)c1sc(N2C(=O)C3=C(C(=O)C4CC(C)CCC4O3)C2c2cccc(OC)c2)nc1C. The molecule has 0 bridgehead atoms. The normalized spacial score (nSPS) is 25.8. The van der Waals surface area contributed by atoms with E-state index in [1.54, 1.807) is 21.0 Å². The van der Waals surface area contributed by atoms with Crippen molar-refractivity contribution in [2.75, 3.05) is 18.6 Å². The Bertz CT molecular complexity index is 1230. The molecule has 1 aromatic carbocycles. The van der Waals surface area contributed by atoms with Crippen molar-refractivity contribution in [3.8, 4) is 5.75 Å². The van der Waals surface area contributed by atoms with Crippen molar-refractivity contribution in [3.05, 3.63) is 51.7 Å². The third kappa shape index (κ3) is 3.91. The fourth-order valence-corrected chi connectivity index (χ4v) is 6.26. The number of ether oxygens (including phenoxy) is 3. The van der Waals surface area contributed by atoms with Gasteiger partial charge in [0.25, 0.3) is 5.91 Å². The molecule has 4 atom stereocenters. The summed E-state index contributed by atoms with van der Waals surface area (Å²) in [5.41, 5.74) is 1.55. The molecule has 0 spiro atoms. The number of anilines is 1. The van der Waals surface area contributed by atoms with E-state index in [9.17, 15) is 14.4 Å². The summed E-state index contributed by atoms with van der Waals surface area (Å²) < 4.78 is 16.8. The Morgan fingerprint density at radius 1 is 1.29 bits per heavy atom. The van der Waals surface area contributed by atoms with Gasteiger partial charge in [0.2, 0.25) is 0 Å². The van der Waals surface area contributed by atoms with E-state index in [1.807, 2.05) is 24.3 Å². The third-order valence-corrected chi connectivity index (χ3v) is 8.11. The summed E-state index contributed by atoms with van der Waals surface area (Å²) in [5, 5.41) is 0.325. The zero-order valence-electron chi connectivity index (χ0n) is 20.2. The third-order valence-electron chi connectivity index (χ3n) is 6.97. The fourth-order valence-electron chi connectivity index (χ4n) is 5.27. The maximum Gasteiger partial charge on any atom is 0.350 e. The van der Waals surface area contributed by atoms with Crippen LogP contribution in [0.2, 0.25) is 0 Å². The van der Waals surface area contributed by atoms with Gasteiger partial charge < -0.3 is 14.2 Å². The molecule has 0 radical (unpaired) electrons. The summed E-state index contributed by atoms with van der Waals surface area (Å²) in [6.07, 6.45) is 2.15. The second-order valence-electron chi connectivity index (χ2n) is 9.27. The number of carbonyl (C=O) groups excluding carboxylic acids is 3. The minimum absolute atomic E-state index is 0.0367. The van der Waals surface area contributed by atoms with Crippen molar-refractivity contribution in [1.82, 2.24) is 4.98 Å². The predicted octanol–water partition coefficient (Wildman–Crippen LogP) is 4.38. The van der Waals surface area contributed by atoms with Crippen molar-refractivity contribution in [2.45, 2.75) is 52.2 Å². The first-order valence-electron chi connectivity index (χ1n) is 11.9. The van der Waals surface area contributed by atoms with Gasteiger partial charge in [-0.15, -0.1) is 0 Å². The smallest absolute Gasteiger partial charge is 0.350 e. The lowest BCUT2D eigenvalue weighted by Crippen LogP contribution is -2.41. The van der Waals surface area contributed by atoms with E-state index in [4.69, 9.17) is 14.2 Å². The van der Waals surface area contributed by atoms with Crippen LogP contribution in [0.3, 0.4) is 0 Å². The predicted molar refractivity (Wildman–Crippen MR) is 129 cm³/mol. The number of fused-ring (bicyclic) bond motifs is 1. The van der Waals surface area contributed by atoms with Gasteiger partial charge in [0, 0.05) is 0 Å². The van der Waals surface area contributed by atoms with Crippen molar-refractivity contribution in [3.63, 3.8) is 0 Å². The maximum atomic E-state index is 13.9. The Balaban J connectivity index is 1.63. The minimum atomic E-state index is -0.723. The van der Waals surface area contributed by atoms with Gasteiger partial charge in [-0.25, -0.2) is 9.78 Å². The molecule has 4 unspecified atom stereocenters. The van der Waals surface area contributed by atoms with Crippen LogP contribution >= 0.6 is 11.3 Å². The Kier molecular flexibility index (Phi) is 6.13. The van der Waals surface area contributed by atoms with Crippen molar-refractivity contribution in [1.29, 1.82) is 0 Å². The first kappa shape index (κ1) is 23.5. The summed E-state index contributed by atoms with van der Waals surface area (Å²) in [5.74, 6) is -0.0743. The van der Waals surface area contributed by atoms with E-state index in [0.717, 1.165) is 30.6 Å². The van der Waals surface area contributed by atoms with Gasteiger partial charge in [-0.3, -0.25) is 14.5 Å². The minimum Gasteiger partial charge on any atom is -0.497 e. The van der Waals surface area contributed by atoms with Gasteiger partial charge in [-0.2, -0.15) is 0 Å². The largest absolute Gasteiger partial charge is 0.497 e. The molecule has 3 heterocycles. The Labute approximate surface area is 207 Å². The molecule has 1 fully saturated rings. The number of aromatic nitrogens is 1. The average molecular weight is 497 g/mol. The molecule has 2 aliphatic heterocycles. The standard InChI is InChI=1S/C26H28N2O6S/c1-5-33-25(31)23-14(3)27-26(35-23)28-20(15-7-6-8-16(12-15)32-4)19-21(29)17-11-13(2)9-10-18(17)34-22(19)24(28)30/h6-8,12-13,17-18,20H,5,9-11H2,1-4H3. The molecule has 1 amide bonds. The van der Waals surface area contributed by atoms with Crippen LogP contribution in [0.1, 0.15) is 60.1 Å². The highest BCUT2D eigenvalue weighted by atomic mass is 32.1. The van der Waals surface area contributed by atoms with Crippen LogP contribution in [-0.2, 0) is 19.1 Å². The molecule has 5 rings (SSSR count). The molecule has 8 nitrogen and oxygen atoms in total. The van der Waals surface area contributed by atoms with E-state index in [-0.39, 0.29) is 30.2 Å². The molecule has 35 heavy (non-hydrogen) atoms. The fraction of sp³-hybridized carbons (Fsp3) is 0.462. The number of Topliss-reactive ketones (excluding diaryl/α,β-unsaturated/α-hetero) is 1. The lowest BCUT2D eigenvalue weighted by Gasteiger charge is -2.37.